The quantitative estimate of drug-likeness (QED) is 0.405. The molecule has 3 aromatic heterocycles. The van der Waals surface area contributed by atoms with E-state index in [0.717, 1.165) is 11.3 Å². The third-order valence-electron chi connectivity index (χ3n) is 5.91. The van der Waals surface area contributed by atoms with Crippen molar-refractivity contribution in [1.29, 1.82) is 0 Å². The van der Waals surface area contributed by atoms with E-state index < -0.39 is 23.3 Å². The Morgan fingerprint density at radius 3 is 2.39 bits per heavy atom. The van der Waals surface area contributed by atoms with Crippen LogP contribution in [0.1, 0.15) is 64.9 Å². The lowest BCUT2D eigenvalue weighted by Crippen LogP contribution is -2.37. The summed E-state index contributed by atoms with van der Waals surface area (Å²) in [5.74, 6) is -0.456. The molecule has 0 bridgehead atoms. The zero-order valence-corrected chi connectivity index (χ0v) is 20.7. The van der Waals surface area contributed by atoms with Gasteiger partial charge in [0.15, 0.2) is 0 Å². The minimum absolute atomic E-state index is 0.0577. The van der Waals surface area contributed by atoms with Crippen LogP contribution in [-0.2, 0) is 6.54 Å². The lowest BCUT2D eigenvalue weighted by molar-refractivity contribution is 0.0782. The van der Waals surface area contributed by atoms with Gasteiger partial charge in [0.25, 0.3) is 11.8 Å². The van der Waals surface area contributed by atoms with Gasteiger partial charge in [-0.25, -0.2) is 4.68 Å². The molecule has 9 nitrogen and oxygen atoms in total. The SMILES string of the molecule is CC(C)n1cc(C(=O)N[C@@H](C)c2ccco2)c(=O)c(C(=O)N(C)Cc2ccc(-n3cccn3)cc2)c1. The van der Waals surface area contributed by atoms with Crippen molar-refractivity contribution in [2.75, 3.05) is 7.05 Å². The van der Waals surface area contributed by atoms with Crippen LogP contribution in [0.4, 0.5) is 0 Å². The van der Waals surface area contributed by atoms with Crippen LogP contribution in [-0.4, -0.2) is 38.1 Å². The van der Waals surface area contributed by atoms with Crippen LogP contribution in [0.5, 0.6) is 0 Å². The monoisotopic (exact) mass is 487 g/mol. The maximum Gasteiger partial charge on any atom is 0.259 e. The van der Waals surface area contributed by atoms with E-state index in [0.29, 0.717) is 12.3 Å². The predicted octanol–water partition coefficient (Wildman–Crippen LogP) is 3.97. The smallest absolute Gasteiger partial charge is 0.259 e. The summed E-state index contributed by atoms with van der Waals surface area (Å²) in [6, 6.07) is 12.5. The van der Waals surface area contributed by atoms with Gasteiger partial charge in [-0.3, -0.25) is 14.4 Å². The second-order valence-corrected chi connectivity index (χ2v) is 8.94. The molecule has 36 heavy (non-hydrogen) atoms. The van der Waals surface area contributed by atoms with Gasteiger partial charge in [-0.2, -0.15) is 5.10 Å². The average Bonchev–Trinajstić information content (AvgIpc) is 3.59. The zero-order chi connectivity index (χ0) is 25.8. The molecule has 0 saturated heterocycles. The number of nitrogens with zero attached hydrogens (tertiary/aromatic N) is 4. The van der Waals surface area contributed by atoms with E-state index in [1.807, 2.05) is 50.4 Å². The van der Waals surface area contributed by atoms with Crippen molar-refractivity contribution >= 4 is 11.8 Å². The lowest BCUT2D eigenvalue weighted by Gasteiger charge is -2.20. The Morgan fingerprint density at radius 2 is 1.78 bits per heavy atom. The van der Waals surface area contributed by atoms with Crippen molar-refractivity contribution in [1.82, 2.24) is 24.6 Å². The van der Waals surface area contributed by atoms with Gasteiger partial charge >= 0.3 is 0 Å². The Balaban J connectivity index is 1.56. The molecular formula is C27H29N5O4. The number of carbonyl (C=O) groups excluding carboxylic acids is 2. The number of hydrogen-bond acceptors (Lipinski definition) is 5. The van der Waals surface area contributed by atoms with Gasteiger partial charge < -0.3 is 19.2 Å². The topological polar surface area (TPSA) is 102 Å². The number of rotatable bonds is 8. The summed E-state index contributed by atoms with van der Waals surface area (Å²) >= 11 is 0. The second-order valence-electron chi connectivity index (χ2n) is 8.94. The standard InChI is InChI=1S/C27H29N5O4/c1-18(2)31-16-22(26(34)29-19(3)24-7-5-14-36-24)25(33)23(17-31)27(35)30(4)15-20-8-10-21(11-9-20)32-13-6-12-28-32/h5-14,16-19H,15H2,1-4H3,(H,29,34)/t19-/m0/s1. The van der Waals surface area contributed by atoms with E-state index >= 15 is 0 Å². The van der Waals surface area contributed by atoms with Crippen molar-refractivity contribution in [3.05, 3.63) is 106 Å². The fourth-order valence-corrected chi connectivity index (χ4v) is 3.82. The Kier molecular flexibility index (Phi) is 7.19. The van der Waals surface area contributed by atoms with E-state index in [4.69, 9.17) is 4.42 Å². The molecule has 0 spiro atoms. The van der Waals surface area contributed by atoms with Crippen LogP contribution >= 0.6 is 0 Å². The number of benzene rings is 1. The Labute approximate surface area is 209 Å². The normalized spacial score (nSPS) is 11.9. The van der Waals surface area contributed by atoms with Gasteiger partial charge in [-0.15, -0.1) is 0 Å². The molecule has 4 rings (SSSR count). The average molecular weight is 488 g/mol. The van der Waals surface area contributed by atoms with Crippen LogP contribution in [0.25, 0.3) is 5.69 Å². The first kappa shape index (κ1) is 24.7. The van der Waals surface area contributed by atoms with E-state index in [1.54, 1.807) is 41.5 Å². The van der Waals surface area contributed by atoms with Crippen molar-refractivity contribution in [2.24, 2.45) is 0 Å². The summed E-state index contributed by atoms with van der Waals surface area (Å²) in [6.45, 7) is 5.89. The molecule has 1 N–H and O–H groups in total. The van der Waals surface area contributed by atoms with Gasteiger partial charge in [0.1, 0.15) is 16.9 Å². The molecule has 2 amide bonds. The molecule has 9 heteroatoms. The maximum absolute atomic E-state index is 13.3. The van der Waals surface area contributed by atoms with E-state index in [2.05, 4.69) is 10.4 Å². The highest BCUT2D eigenvalue weighted by atomic mass is 16.3. The summed E-state index contributed by atoms with van der Waals surface area (Å²) in [5.41, 5.74) is 1.04. The predicted molar refractivity (Wildman–Crippen MR) is 135 cm³/mol. The summed E-state index contributed by atoms with van der Waals surface area (Å²) in [7, 11) is 1.63. The van der Waals surface area contributed by atoms with Crippen LogP contribution in [0.3, 0.4) is 0 Å². The summed E-state index contributed by atoms with van der Waals surface area (Å²) < 4.78 is 8.79. The van der Waals surface area contributed by atoms with Gasteiger partial charge in [-0.05, 0) is 56.7 Å². The molecule has 0 aliphatic heterocycles. The first-order valence-electron chi connectivity index (χ1n) is 11.7. The number of aromatic nitrogens is 3. The largest absolute Gasteiger partial charge is 0.467 e. The van der Waals surface area contributed by atoms with Crippen molar-refractivity contribution in [2.45, 2.75) is 39.4 Å². The molecule has 1 aromatic carbocycles. The van der Waals surface area contributed by atoms with E-state index in [1.165, 1.54) is 23.6 Å². The number of amides is 2. The molecule has 0 aliphatic rings. The zero-order valence-electron chi connectivity index (χ0n) is 20.7. The molecule has 0 fully saturated rings. The first-order valence-corrected chi connectivity index (χ1v) is 11.7. The van der Waals surface area contributed by atoms with Crippen molar-refractivity contribution in [3.63, 3.8) is 0 Å². The summed E-state index contributed by atoms with van der Waals surface area (Å²) in [6.07, 6.45) is 8.07. The van der Waals surface area contributed by atoms with Gasteiger partial charge in [0.2, 0.25) is 5.43 Å². The number of carbonyl (C=O) groups is 2. The highest BCUT2D eigenvalue weighted by molar-refractivity contribution is 5.99. The van der Waals surface area contributed by atoms with Crippen molar-refractivity contribution in [3.8, 4) is 5.69 Å². The Morgan fingerprint density at radius 1 is 1.06 bits per heavy atom. The van der Waals surface area contributed by atoms with Crippen LogP contribution < -0.4 is 10.7 Å². The molecule has 0 aliphatic carbocycles. The lowest BCUT2D eigenvalue weighted by atomic mass is 10.1. The van der Waals surface area contributed by atoms with E-state index in [-0.39, 0.29) is 17.2 Å². The first-order chi connectivity index (χ1) is 17.2. The van der Waals surface area contributed by atoms with Crippen LogP contribution in [0, 0.1) is 0 Å². The fourth-order valence-electron chi connectivity index (χ4n) is 3.82. The molecule has 0 unspecified atom stereocenters. The molecular weight excluding hydrogens is 458 g/mol. The minimum Gasteiger partial charge on any atom is -0.467 e. The van der Waals surface area contributed by atoms with Gasteiger partial charge in [-0.1, -0.05) is 12.1 Å². The van der Waals surface area contributed by atoms with Gasteiger partial charge in [0.05, 0.1) is 18.0 Å². The molecule has 186 valence electrons. The molecule has 0 radical (unpaired) electrons. The third-order valence-corrected chi connectivity index (χ3v) is 5.91. The highest BCUT2D eigenvalue weighted by Gasteiger charge is 2.24. The van der Waals surface area contributed by atoms with Crippen molar-refractivity contribution < 1.29 is 14.0 Å². The van der Waals surface area contributed by atoms with Crippen LogP contribution in [0.2, 0.25) is 0 Å². The third kappa shape index (κ3) is 5.30. The van der Waals surface area contributed by atoms with E-state index in [9.17, 15) is 14.4 Å². The fraction of sp³-hybridized carbons (Fsp3) is 0.259. The molecule has 3 heterocycles. The number of furan rings is 1. The number of nitrogens with one attached hydrogen (secondary N) is 1. The summed E-state index contributed by atoms with van der Waals surface area (Å²) in [4.78, 5) is 41.1. The maximum atomic E-state index is 13.3. The Bertz CT molecular complexity index is 1390. The highest BCUT2D eigenvalue weighted by Crippen LogP contribution is 2.15. The molecule has 4 aromatic rings. The molecule has 1 atom stereocenters. The number of pyridine rings is 1. The Hall–Kier alpha value is -4.40. The molecule has 0 saturated carbocycles. The summed E-state index contributed by atoms with van der Waals surface area (Å²) in [5, 5.41) is 6.99. The van der Waals surface area contributed by atoms with Gasteiger partial charge in [0, 0.05) is 44.4 Å². The minimum atomic E-state index is -0.609. The van der Waals surface area contributed by atoms with Crippen LogP contribution in [0.15, 0.2) is 82.7 Å². The second kappa shape index (κ2) is 10.5. The number of hydrogen-bond donors (Lipinski definition) is 1.